The summed E-state index contributed by atoms with van der Waals surface area (Å²) in [7, 11) is 0. The Morgan fingerprint density at radius 3 is 2.35 bits per heavy atom. The molecule has 0 amide bonds. The van der Waals surface area contributed by atoms with E-state index >= 15 is 0 Å². The van der Waals surface area contributed by atoms with Crippen molar-refractivity contribution < 1.29 is 8.78 Å². The Balaban J connectivity index is 1.78. The summed E-state index contributed by atoms with van der Waals surface area (Å²) in [4.78, 5) is 8.72. The second kappa shape index (κ2) is 5.32. The van der Waals surface area contributed by atoms with E-state index in [9.17, 15) is 8.78 Å². The van der Waals surface area contributed by atoms with Gasteiger partial charge in [0.05, 0.1) is 11.0 Å². The Morgan fingerprint density at radius 2 is 1.50 bits per heavy atom. The van der Waals surface area contributed by atoms with Gasteiger partial charge < -0.3 is 0 Å². The van der Waals surface area contributed by atoms with Crippen LogP contribution < -0.4 is 0 Å². The van der Waals surface area contributed by atoms with Gasteiger partial charge in [-0.05, 0) is 41.0 Å². The van der Waals surface area contributed by atoms with Crippen LogP contribution in [0.3, 0.4) is 0 Å². The van der Waals surface area contributed by atoms with E-state index in [2.05, 4.69) is 9.97 Å². The van der Waals surface area contributed by atoms with Gasteiger partial charge >= 0.3 is 0 Å². The highest BCUT2D eigenvalue weighted by molar-refractivity contribution is 6.31. The molecule has 0 fully saturated rings. The number of halogens is 3. The molecule has 126 valence electrons. The number of nitrogens with zero attached hydrogens (tertiary/aromatic N) is 2. The first-order valence-electron chi connectivity index (χ1n) is 8.08. The Kier molecular flexibility index (Phi) is 3.15. The summed E-state index contributed by atoms with van der Waals surface area (Å²) in [5.41, 5.74) is 4.16. The minimum absolute atomic E-state index is 0.00448. The van der Waals surface area contributed by atoms with Gasteiger partial charge in [0.25, 0.3) is 5.92 Å². The molecular formula is C21H11ClF2N2. The molecule has 3 aromatic carbocycles. The van der Waals surface area contributed by atoms with Crippen LogP contribution in [0.15, 0.2) is 67.0 Å². The van der Waals surface area contributed by atoms with Crippen molar-refractivity contribution in [2.24, 2.45) is 0 Å². The highest BCUT2D eigenvalue weighted by Gasteiger charge is 2.44. The molecule has 0 bridgehead atoms. The summed E-state index contributed by atoms with van der Waals surface area (Å²) < 4.78 is 29.6. The van der Waals surface area contributed by atoms with E-state index < -0.39 is 5.92 Å². The van der Waals surface area contributed by atoms with Crippen molar-refractivity contribution in [3.63, 3.8) is 0 Å². The monoisotopic (exact) mass is 364 g/mol. The normalized spacial score (nSPS) is 14.3. The van der Waals surface area contributed by atoms with E-state index in [0.29, 0.717) is 16.1 Å². The summed E-state index contributed by atoms with van der Waals surface area (Å²) in [6.07, 6.45) is 3.26. The van der Waals surface area contributed by atoms with Crippen molar-refractivity contribution in [1.29, 1.82) is 0 Å². The lowest BCUT2D eigenvalue weighted by atomic mass is 9.97. The van der Waals surface area contributed by atoms with Crippen LogP contribution in [0.4, 0.5) is 8.78 Å². The molecule has 0 saturated carbocycles. The lowest BCUT2D eigenvalue weighted by Crippen LogP contribution is -2.10. The quantitative estimate of drug-likeness (QED) is 0.409. The van der Waals surface area contributed by atoms with Gasteiger partial charge in [0, 0.05) is 34.1 Å². The second-order valence-electron chi connectivity index (χ2n) is 6.25. The topological polar surface area (TPSA) is 25.8 Å². The van der Waals surface area contributed by atoms with Gasteiger partial charge in [-0.25, -0.2) is 0 Å². The number of rotatable bonds is 1. The molecule has 0 unspecified atom stereocenters. The van der Waals surface area contributed by atoms with E-state index in [0.717, 1.165) is 22.2 Å². The van der Waals surface area contributed by atoms with E-state index in [1.165, 1.54) is 18.2 Å². The van der Waals surface area contributed by atoms with Crippen molar-refractivity contribution in [2.45, 2.75) is 5.92 Å². The summed E-state index contributed by atoms with van der Waals surface area (Å²) >= 11 is 6.05. The smallest absolute Gasteiger partial charge is 0.253 e. The van der Waals surface area contributed by atoms with E-state index in [-0.39, 0.29) is 11.1 Å². The number of benzene rings is 3. The van der Waals surface area contributed by atoms with Crippen LogP contribution in [-0.2, 0) is 5.92 Å². The molecular weight excluding hydrogens is 354 g/mol. The molecule has 0 spiro atoms. The number of hydrogen-bond donors (Lipinski definition) is 0. The average Bonchev–Trinajstić information content (AvgIpc) is 2.88. The minimum atomic E-state index is -3.02. The molecule has 0 N–H and O–H groups in total. The first kappa shape index (κ1) is 15.4. The van der Waals surface area contributed by atoms with Gasteiger partial charge in [-0.3, -0.25) is 9.97 Å². The lowest BCUT2D eigenvalue weighted by Gasteiger charge is -2.12. The third kappa shape index (κ3) is 2.09. The fourth-order valence-corrected chi connectivity index (χ4v) is 3.76. The number of alkyl halides is 2. The number of aromatic nitrogens is 2. The largest absolute Gasteiger partial charge is 0.299 e. The molecule has 0 radical (unpaired) electrons. The second-order valence-corrected chi connectivity index (χ2v) is 6.69. The Labute approximate surface area is 153 Å². The highest BCUT2D eigenvalue weighted by Crippen LogP contribution is 2.52. The van der Waals surface area contributed by atoms with Crippen molar-refractivity contribution in [1.82, 2.24) is 9.97 Å². The number of fused-ring (bicyclic) bond motifs is 4. The van der Waals surface area contributed by atoms with Crippen LogP contribution in [0, 0.1) is 0 Å². The van der Waals surface area contributed by atoms with Gasteiger partial charge in [0.2, 0.25) is 0 Å². The number of para-hydroxylation sites is 1. The van der Waals surface area contributed by atoms with Crippen LogP contribution in [0.5, 0.6) is 0 Å². The molecule has 1 aliphatic carbocycles. The summed E-state index contributed by atoms with van der Waals surface area (Å²) in [6, 6.07) is 15.2. The summed E-state index contributed by atoms with van der Waals surface area (Å²) in [5, 5.41) is 0.439. The molecule has 1 heterocycles. The van der Waals surface area contributed by atoms with E-state index in [4.69, 9.17) is 11.6 Å². The zero-order valence-corrected chi connectivity index (χ0v) is 14.1. The van der Waals surface area contributed by atoms with Crippen molar-refractivity contribution in [3.8, 4) is 22.3 Å². The predicted molar refractivity (Wildman–Crippen MR) is 98.4 cm³/mol. The maximum atomic E-state index is 14.8. The van der Waals surface area contributed by atoms with Gasteiger partial charge in [-0.2, -0.15) is 8.78 Å². The highest BCUT2D eigenvalue weighted by atomic mass is 35.5. The molecule has 5 heteroatoms. The van der Waals surface area contributed by atoms with Crippen molar-refractivity contribution in [3.05, 3.63) is 83.1 Å². The standard InChI is InChI=1S/C21H11ClF2N2/c22-13-5-7-18-16(11-13)15-10-12(4-6-17(15)21(18,23)24)14-2-1-3-19-20(14)26-9-8-25-19/h1-11H. The summed E-state index contributed by atoms with van der Waals surface area (Å²) in [6.45, 7) is 0. The lowest BCUT2D eigenvalue weighted by molar-refractivity contribution is 0.0480. The first-order valence-corrected chi connectivity index (χ1v) is 8.46. The van der Waals surface area contributed by atoms with Gasteiger partial charge in [0.1, 0.15) is 0 Å². The Morgan fingerprint density at radius 1 is 0.769 bits per heavy atom. The Bertz CT molecular complexity index is 1180. The third-order valence-corrected chi connectivity index (χ3v) is 5.01. The maximum Gasteiger partial charge on any atom is 0.299 e. The van der Waals surface area contributed by atoms with Crippen LogP contribution in [0.25, 0.3) is 33.3 Å². The SMILES string of the molecule is FC1(F)c2ccc(Cl)cc2-c2cc(-c3cccc4nccnc34)ccc21. The molecule has 0 saturated heterocycles. The average molecular weight is 365 g/mol. The zero-order valence-electron chi connectivity index (χ0n) is 13.4. The molecule has 0 aliphatic heterocycles. The maximum absolute atomic E-state index is 14.8. The predicted octanol–water partition coefficient (Wildman–Crippen LogP) is 6.07. The first-order chi connectivity index (χ1) is 12.6. The van der Waals surface area contributed by atoms with Crippen molar-refractivity contribution >= 4 is 22.6 Å². The van der Waals surface area contributed by atoms with Crippen LogP contribution in [0.1, 0.15) is 11.1 Å². The van der Waals surface area contributed by atoms with E-state index in [1.54, 1.807) is 30.6 Å². The molecule has 4 aromatic rings. The van der Waals surface area contributed by atoms with Gasteiger partial charge in [-0.15, -0.1) is 0 Å². The fraction of sp³-hybridized carbons (Fsp3) is 0.0476. The van der Waals surface area contributed by atoms with Crippen molar-refractivity contribution in [2.75, 3.05) is 0 Å². The van der Waals surface area contributed by atoms with Crippen LogP contribution in [0.2, 0.25) is 5.02 Å². The van der Waals surface area contributed by atoms with Gasteiger partial charge in [0.15, 0.2) is 0 Å². The molecule has 26 heavy (non-hydrogen) atoms. The fourth-order valence-electron chi connectivity index (χ4n) is 3.59. The minimum Gasteiger partial charge on any atom is -0.253 e. The number of hydrogen-bond acceptors (Lipinski definition) is 2. The zero-order chi connectivity index (χ0) is 17.9. The molecule has 0 atom stereocenters. The molecule has 2 nitrogen and oxygen atoms in total. The van der Waals surface area contributed by atoms with Gasteiger partial charge in [-0.1, -0.05) is 41.9 Å². The third-order valence-electron chi connectivity index (χ3n) is 4.78. The Hall–Kier alpha value is -2.85. The molecule has 5 rings (SSSR count). The summed E-state index contributed by atoms with van der Waals surface area (Å²) in [5.74, 6) is -3.02. The van der Waals surface area contributed by atoms with Crippen LogP contribution in [-0.4, -0.2) is 9.97 Å². The molecule has 1 aliphatic rings. The van der Waals surface area contributed by atoms with E-state index in [1.807, 2.05) is 18.2 Å². The van der Waals surface area contributed by atoms with Crippen LogP contribution >= 0.6 is 11.6 Å². The molecule has 1 aromatic heterocycles.